The van der Waals surface area contributed by atoms with E-state index in [2.05, 4.69) is 15.3 Å². The number of carbonyl (C=O) groups is 1. The Morgan fingerprint density at radius 3 is 2.60 bits per heavy atom. The van der Waals surface area contributed by atoms with Crippen LogP contribution in [0.4, 0.5) is 23.2 Å². The molecule has 0 fully saturated rings. The maximum absolute atomic E-state index is 14.7. The highest BCUT2D eigenvalue weighted by Crippen LogP contribution is 2.46. The van der Waals surface area contributed by atoms with Gasteiger partial charge in [-0.25, -0.2) is 27.5 Å². The minimum atomic E-state index is -3.24. The number of alkyl halides is 2. The molecule has 0 spiro atoms. The van der Waals surface area contributed by atoms with Crippen LogP contribution in [0.15, 0.2) is 35.5 Å². The van der Waals surface area contributed by atoms with Crippen molar-refractivity contribution in [3.05, 3.63) is 58.4 Å². The average Bonchev–Trinajstić information content (AvgIpc) is 2.67. The normalized spacial score (nSPS) is 23.7. The topological polar surface area (TPSA) is 89.6 Å². The molecule has 1 unspecified atom stereocenters. The monoisotopic (exact) mass is 444 g/mol. The van der Waals surface area contributed by atoms with Crippen molar-refractivity contribution in [2.24, 2.45) is 16.6 Å². The lowest BCUT2D eigenvalue weighted by Gasteiger charge is -2.41. The van der Waals surface area contributed by atoms with Gasteiger partial charge in [0.25, 0.3) is 18.4 Å². The van der Waals surface area contributed by atoms with E-state index in [0.717, 1.165) is 6.07 Å². The van der Waals surface area contributed by atoms with Gasteiger partial charge in [-0.15, -0.1) is 0 Å². The predicted molar refractivity (Wildman–Crippen MR) is 103 cm³/mol. The molecule has 0 radical (unpaired) electrons. The van der Waals surface area contributed by atoms with Gasteiger partial charge in [-0.2, -0.15) is 0 Å². The molecule has 1 amide bonds. The first-order chi connectivity index (χ1) is 14.1. The van der Waals surface area contributed by atoms with E-state index in [9.17, 15) is 22.4 Å². The van der Waals surface area contributed by atoms with Crippen molar-refractivity contribution >= 4 is 29.2 Å². The molecule has 0 saturated heterocycles. The summed E-state index contributed by atoms with van der Waals surface area (Å²) in [6.07, 6.45) is -2.87. The molecule has 2 aromatic rings. The maximum atomic E-state index is 14.7. The Morgan fingerprint density at radius 1 is 1.30 bits per heavy atom. The number of aliphatic imine (C=N–C) groups is 1. The number of nitrogens with one attached hydrogen (secondary N) is 1. The van der Waals surface area contributed by atoms with E-state index >= 15 is 0 Å². The summed E-state index contributed by atoms with van der Waals surface area (Å²) in [5, 5.41) is 2.60. The van der Waals surface area contributed by atoms with Crippen LogP contribution in [0.1, 0.15) is 29.9 Å². The Kier molecular flexibility index (Phi) is 5.89. The largest absolute Gasteiger partial charge is 0.462 e. The summed E-state index contributed by atoms with van der Waals surface area (Å²) in [6.45, 7) is 2.84. The van der Waals surface area contributed by atoms with E-state index in [1.165, 1.54) is 32.2 Å². The summed E-state index contributed by atoms with van der Waals surface area (Å²) in [5.41, 5.74) is 1.94. The van der Waals surface area contributed by atoms with Gasteiger partial charge in [-0.1, -0.05) is 18.5 Å². The summed E-state index contributed by atoms with van der Waals surface area (Å²) in [7, 11) is 0. The number of amidine groups is 1. The van der Waals surface area contributed by atoms with Crippen molar-refractivity contribution in [2.75, 3.05) is 5.32 Å². The van der Waals surface area contributed by atoms with Gasteiger partial charge in [0.05, 0.1) is 5.02 Å². The molecule has 1 aromatic carbocycles. The molecule has 0 bridgehead atoms. The van der Waals surface area contributed by atoms with E-state index in [-0.39, 0.29) is 11.4 Å². The van der Waals surface area contributed by atoms with E-state index < -0.39 is 53.1 Å². The molecule has 3 atom stereocenters. The van der Waals surface area contributed by atoms with Gasteiger partial charge in [0, 0.05) is 29.4 Å². The summed E-state index contributed by atoms with van der Waals surface area (Å²) in [5.74, 6) is -4.80. The molecule has 3 N–H and O–H groups in total. The SMILES string of the molecule is CC1OC(N)=N[C@](c2cc(NC(=O)c3ccc(Cl)cn3)cc(F)c2F)(C(F)F)[C@@H]1C. The fourth-order valence-corrected chi connectivity index (χ4v) is 3.40. The van der Waals surface area contributed by atoms with Gasteiger partial charge in [0.2, 0.25) is 0 Å². The van der Waals surface area contributed by atoms with Gasteiger partial charge in [-0.3, -0.25) is 4.79 Å². The minimum absolute atomic E-state index is 0.0652. The zero-order valence-corrected chi connectivity index (χ0v) is 16.6. The van der Waals surface area contributed by atoms with Crippen LogP contribution in [0.25, 0.3) is 0 Å². The molecule has 6 nitrogen and oxygen atoms in total. The van der Waals surface area contributed by atoms with Gasteiger partial charge < -0.3 is 15.8 Å². The molecule has 2 heterocycles. The van der Waals surface area contributed by atoms with Crippen LogP contribution in [0.3, 0.4) is 0 Å². The minimum Gasteiger partial charge on any atom is -0.462 e. The second kappa shape index (κ2) is 8.10. The zero-order valence-electron chi connectivity index (χ0n) is 15.8. The quantitative estimate of drug-likeness (QED) is 0.695. The van der Waals surface area contributed by atoms with Crippen LogP contribution in [0, 0.1) is 17.6 Å². The first-order valence-corrected chi connectivity index (χ1v) is 9.16. The second-order valence-corrected chi connectivity index (χ2v) is 7.26. The van der Waals surface area contributed by atoms with Gasteiger partial charge >= 0.3 is 0 Å². The summed E-state index contributed by atoms with van der Waals surface area (Å²) < 4.78 is 62.7. The number of anilines is 1. The molecular weight excluding hydrogens is 428 g/mol. The van der Waals surface area contributed by atoms with Crippen molar-refractivity contribution in [3.63, 3.8) is 0 Å². The first-order valence-electron chi connectivity index (χ1n) is 8.78. The number of halogens is 5. The van der Waals surface area contributed by atoms with Crippen LogP contribution in [-0.2, 0) is 10.3 Å². The van der Waals surface area contributed by atoms with Crippen molar-refractivity contribution < 1.29 is 27.1 Å². The van der Waals surface area contributed by atoms with E-state index in [1.54, 1.807) is 0 Å². The number of pyridine rings is 1. The third kappa shape index (κ3) is 3.79. The lowest BCUT2D eigenvalue weighted by molar-refractivity contribution is -0.0366. The fourth-order valence-electron chi connectivity index (χ4n) is 3.29. The number of rotatable bonds is 4. The van der Waals surface area contributed by atoms with Crippen LogP contribution >= 0.6 is 11.6 Å². The number of hydrogen-bond donors (Lipinski definition) is 2. The van der Waals surface area contributed by atoms with Crippen molar-refractivity contribution in [2.45, 2.75) is 31.9 Å². The molecule has 11 heteroatoms. The Bertz CT molecular complexity index is 1000. The molecule has 0 saturated carbocycles. The highest BCUT2D eigenvalue weighted by atomic mass is 35.5. The number of nitrogens with zero attached hydrogens (tertiary/aromatic N) is 2. The van der Waals surface area contributed by atoms with E-state index in [4.69, 9.17) is 22.1 Å². The number of nitrogens with two attached hydrogens (primary N) is 1. The van der Waals surface area contributed by atoms with Crippen LogP contribution in [0.5, 0.6) is 0 Å². The van der Waals surface area contributed by atoms with Crippen molar-refractivity contribution in [3.8, 4) is 0 Å². The van der Waals surface area contributed by atoms with Crippen LogP contribution in [0.2, 0.25) is 5.02 Å². The highest BCUT2D eigenvalue weighted by Gasteiger charge is 2.54. The molecule has 1 aromatic heterocycles. The third-order valence-corrected chi connectivity index (χ3v) is 5.23. The smallest absolute Gasteiger partial charge is 0.283 e. The predicted octanol–water partition coefficient (Wildman–Crippen LogP) is 4.10. The highest BCUT2D eigenvalue weighted by molar-refractivity contribution is 6.30. The molecule has 30 heavy (non-hydrogen) atoms. The Hall–Kier alpha value is -2.88. The van der Waals surface area contributed by atoms with Crippen molar-refractivity contribution in [1.82, 2.24) is 4.98 Å². The molecule has 1 aliphatic heterocycles. The van der Waals surface area contributed by atoms with Crippen LogP contribution < -0.4 is 11.1 Å². The third-order valence-electron chi connectivity index (χ3n) is 5.01. The fraction of sp³-hybridized carbons (Fsp3) is 0.316. The Morgan fingerprint density at radius 2 is 2.00 bits per heavy atom. The second-order valence-electron chi connectivity index (χ2n) is 6.82. The van der Waals surface area contributed by atoms with Crippen LogP contribution in [-0.4, -0.2) is 29.4 Å². The Labute approximate surface area is 174 Å². The lowest BCUT2D eigenvalue weighted by atomic mass is 9.76. The first kappa shape index (κ1) is 21.8. The molecule has 160 valence electrons. The van der Waals surface area contributed by atoms with Crippen molar-refractivity contribution in [1.29, 1.82) is 0 Å². The zero-order chi connectivity index (χ0) is 22.2. The molecule has 1 aliphatic rings. The van der Waals surface area contributed by atoms with Gasteiger partial charge in [0.1, 0.15) is 11.8 Å². The summed E-state index contributed by atoms with van der Waals surface area (Å²) in [6, 6.07) is 3.73. The summed E-state index contributed by atoms with van der Waals surface area (Å²) in [4.78, 5) is 19.8. The van der Waals surface area contributed by atoms with Gasteiger partial charge in [0.15, 0.2) is 17.2 Å². The molecular formula is C19H17ClF4N4O2. The van der Waals surface area contributed by atoms with E-state index in [0.29, 0.717) is 11.1 Å². The number of aromatic nitrogens is 1. The lowest BCUT2D eigenvalue weighted by Crippen LogP contribution is -2.51. The summed E-state index contributed by atoms with van der Waals surface area (Å²) >= 11 is 5.71. The Balaban J connectivity index is 2.09. The molecule has 3 rings (SSSR count). The number of hydrogen-bond acceptors (Lipinski definition) is 5. The number of ether oxygens (including phenoxy) is 1. The van der Waals surface area contributed by atoms with Gasteiger partial charge in [-0.05, 0) is 25.1 Å². The number of carbonyl (C=O) groups excluding carboxylic acids is 1. The number of benzene rings is 1. The molecule has 0 aliphatic carbocycles. The maximum Gasteiger partial charge on any atom is 0.283 e. The average molecular weight is 445 g/mol. The number of amides is 1. The van der Waals surface area contributed by atoms with E-state index in [1.807, 2.05) is 0 Å². The standard InChI is InChI=1S/C19H17ClF4N4O2/c1-8-9(2)30-18(25)28-19(8,17(23)24)12-5-11(6-13(21)15(12)22)27-16(29)14-4-3-10(20)7-26-14/h3-9,17H,1-2H3,(H2,25,28)(H,27,29)/t8-,9?,19-/m1/s1.